The predicted molar refractivity (Wildman–Crippen MR) is 93.5 cm³/mol. The second kappa shape index (κ2) is 9.44. The first-order valence-corrected chi connectivity index (χ1v) is 7.95. The summed E-state index contributed by atoms with van der Waals surface area (Å²) in [6, 6.07) is 16.6. The van der Waals surface area contributed by atoms with E-state index in [1.807, 2.05) is 42.5 Å². The molecule has 0 atom stereocenters. The standard InChI is InChI=1S/C19H22N2O4/c1-21(19(24)25-14-17-5-3-2-4-6-17)12-18(23)20-11-15-7-9-16(13-22)10-8-15/h2-10,22H,11-14H2,1H3,(H,20,23). The molecule has 0 aliphatic rings. The molecule has 25 heavy (non-hydrogen) atoms. The summed E-state index contributed by atoms with van der Waals surface area (Å²) >= 11 is 0. The summed E-state index contributed by atoms with van der Waals surface area (Å²) < 4.78 is 5.16. The zero-order chi connectivity index (χ0) is 18.1. The van der Waals surface area contributed by atoms with Crippen molar-refractivity contribution in [2.75, 3.05) is 13.6 Å². The third-order valence-corrected chi connectivity index (χ3v) is 3.59. The Hall–Kier alpha value is -2.86. The van der Waals surface area contributed by atoms with E-state index in [2.05, 4.69) is 5.32 Å². The van der Waals surface area contributed by atoms with Crippen molar-refractivity contribution in [3.8, 4) is 0 Å². The second-order valence-electron chi connectivity index (χ2n) is 5.65. The molecule has 0 aromatic heterocycles. The van der Waals surface area contributed by atoms with Crippen molar-refractivity contribution in [3.63, 3.8) is 0 Å². The highest BCUT2D eigenvalue weighted by molar-refractivity contribution is 5.82. The molecule has 0 aliphatic carbocycles. The summed E-state index contributed by atoms with van der Waals surface area (Å²) in [5.41, 5.74) is 2.62. The van der Waals surface area contributed by atoms with E-state index in [-0.39, 0.29) is 25.7 Å². The molecule has 0 aliphatic heterocycles. The van der Waals surface area contributed by atoms with Crippen LogP contribution in [0, 0.1) is 0 Å². The smallest absolute Gasteiger partial charge is 0.410 e. The number of hydrogen-bond donors (Lipinski definition) is 2. The fourth-order valence-electron chi connectivity index (χ4n) is 2.13. The minimum atomic E-state index is -0.550. The van der Waals surface area contributed by atoms with E-state index in [1.165, 1.54) is 11.9 Å². The summed E-state index contributed by atoms with van der Waals surface area (Å²) in [6.45, 7) is 0.436. The van der Waals surface area contributed by atoms with Crippen LogP contribution in [-0.4, -0.2) is 35.6 Å². The van der Waals surface area contributed by atoms with Crippen LogP contribution in [0.15, 0.2) is 54.6 Å². The van der Waals surface area contributed by atoms with Crippen molar-refractivity contribution in [1.82, 2.24) is 10.2 Å². The molecule has 0 fully saturated rings. The first-order chi connectivity index (χ1) is 12.1. The third-order valence-electron chi connectivity index (χ3n) is 3.59. The fraction of sp³-hybridized carbons (Fsp3) is 0.263. The SMILES string of the molecule is CN(CC(=O)NCc1ccc(CO)cc1)C(=O)OCc1ccccc1. The van der Waals surface area contributed by atoms with E-state index in [9.17, 15) is 9.59 Å². The molecule has 2 N–H and O–H groups in total. The molecule has 6 heteroatoms. The number of carbonyl (C=O) groups excluding carboxylic acids is 2. The normalized spacial score (nSPS) is 10.2. The lowest BCUT2D eigenvalue weighted by Crippen LogP contribution is -2.38. The molecule has 0 radical (unpaired) electrons. The molecule has 0 saturated heterocycles. The predicted octanol–water partition coefficient (Wildman–Crippen LogP) is 2.06. The van der Waals surface area contributed by atoms with Gasteiger partial charge in [0.1, 0.15) is 13.2 Å². The van der Waals surface area contributed by atoms with Crippen LogP contribution < -0.4 is 5.32 Å². The van der Waals surface area contributed by atoms with Crippen LogP contribution in [0.2, 0.25) is 0 Å². The van der Waals surface area contributed by atoms with Crippen molar-refractivity contribution in [1.29, 1.82) is 0 Å². The maximum atomic E-state index is 11.9. The lowest BCUT2D eigenvalue weighted by atomic mass is 10.1. The number of nitrogens with one attached hydrogen (secondary N) is 1. The largest absolute Gasteiger partial charge is 0.445 e. The Balaban J connectivity index is 1.72. The summed E-state index contributed by atoms with van der Waals surface area (Å²) in [4.78, 5) is 25.1. The fourth-order valence-corrected chi connectivity index (χ4v) is 2.13. The van der Waals surface area contributed by atoms with Gasteiger partial charge >= 0.3 is 6.09 Å². The van der Waals surface area contributed by atoms with E-state index in [1.54, 1.807) is 12.1 Å². The Morgan fingerprint density at radius 3 is 2.28 bits per heavy atom. The number of amides is 2. The lowest BCUT2D eigenvalue weighted by molar-refractivity contribution is -0.121. The quantitative estimate of drug-likeness (QED) is 0.807. The van der Waals surface area contributed by atoms with Crippen LogP contribution in [0.3, 0.4) is 0 Å². The molecule has 0 spiro atoms. The van der Waals surface area contributed by atoms with Crippen LogP contribution in [0.25, 0.3) is 0 Å². The summed E-state index contributed by atoms with van der Waals surface area (Å²) in [6.07, 6.45) is -0.550. The number of aliphatic hydroxyl groups excluding tert-OH is 1. The molecule has 0 saturated carbocycles. The number of rotatable bonds is 7. The number of nitrogens with zero attached hydrogens (tertiary/aromatic N) is 1. The first kappa shape index (κ1) is 18.5. The Labute approximate surface area is 147 Å². The molecule has 2 aromatic carbocycles. The summed E-state index contributed by atoms with van der Waals surface area (Å²) in [7, 11) is 1.52. The number of carbonyl (C=O) groups is 2. The summed E-state index contributed by atoms with van der Waals surface area (Å²) in [5, 5.41) is 11.7. The van der Waals surface area contributed by atoms with Gasteiger partial charge in [-0.3, -0.25) is 4.79 Å². The molecule has 0 unspecified atom stereocenters. The molecule has 2 amide bonds. The number of ether oxygens (including phenoxy) is 1. The molecule has 0 heterocycles. The third kappa shape index (κ3) is 6.27. The number of benzene rings is 2. The van der Waals surface area contributed by atoms with E-state index < -0.39 is 6.09 Å². The van der Waals surface area contributed by atoms with Gasteiger partial charge in [-0.1, -0.05) is 54.6 Å². The summed E-state index contributed by atoms with van der Waals surface area (Å²) in [5.74, 6) is -0.273. The minimum absolute atomic E-state index is 0.0114. The van der Waals surface area contributed by atoms with Gasteiger partial charge < -0.3 is 20.1 Å². The van der Waals surface area contributed by atoms with Crippen LogP contribution in [0.1, 0.15) is 16.7 Å². The zero-order valence-corrected chi connectivity index (χ0v) is 14.1. The van der Waals surface area contributed by atoms with Gasteiger partial charge in [0.05, 0.1) is 6.61 Å². The van der Waals surface area contributed by atoms with Crippen molar-refractivity contribution in [2.24, 2.45) is 0 Å². The van der Waals surface area contributed by atoms with E-state index in [0.717, 1.165) is 16.7 Å². The Bertz CT molecular complexity index is 686. The van der Waals surface area contributed by atoms with Gasteiger partial charge in [-0.15, -0.1) is 0 Å². The average molecular weight is 342 g/mol. The molecular weight excluding hydrogens is 320 g/mol. The van der Waals surface area contributed by atoms with Gasteiger partial charge in [0, 0.05) is 13.6 Å². The van der Waals surface area contributed by atoms with Crippen molar-refractivity contribution >= 4 is 12.0 Å². The average Bonchev–Trinajstić information content (AvgIpc) is 2.65. The zero-order valence-electron chi connectivity index (χ0n) is 14.1. The van der Waals surface area contributed by atoms with Gasteiger partial charge in [-0.25, -0.2) is 4.79 Å². The van der Waals surface area contributed by atoms with E-state index in [0.29, 0.717) is 6.54 Å². The molecule has 132 valence electrons. The van der Waals surface area contributed by atoms with Crippen LogP contribution in [-0.2, 0) is 29.3 Å². The Morgan fingerprint density at radius 1 is 1.00 bits per heavy atom. The van der Waals surface area contributed by atoms with Crippen molar-refractivity contribution < 1.29 is 19.4 Å². The van der Waals surface area contributed by atoms with Crippen molar-refractivity contribution in [3.05, 3.63) is 71.3 Å². The van der Waals surface area contributed by atoms with Crippen LogP contribution >= 0.6 is 0 Å². The topological polar surface area (TPSA) is 78.9 Å². The molecular formula is C19H22N2O4. The molecule has 0 bridgehead atoms. The Morgan fingerprint density at radius 2 is 1.64 bits per heavy atom. The number of aliphatic hydroxyl groups is 1. The van der Waals surface area contributed by atoms with Gasteiger partial charge in [0.25, 0.3) is 0 Å². The second-order valence-corrected chi connectivity index (χ2v) is 5.65. The minimum Gasteiger partial charge on any atom is -0.445 e. The monoisotopic (exact) mass is 342 g/mol. The highest BCUT2D eigenvalue weighted by Crippen LogP contribution is 2.04. The maximum Gasteiger partial charge on any atom is 0.410 e. The highest BCUT2D eigenvalue weighted by atomic mass is 16.6. The van der Waals surface area contributed by atoms with Gasteiger partial charge in [0.15, 0.2) is 0 Å². The lowest BCUT2D eigenvalue weighted by Gasteiger charge is -2.16. The molecule has 6 nitrogen and oxygen atoms in total. The number of hydrogen-bond acceptors (Lipinski definition) is 4. The first-order valence-electron chi connectivity index (χ1n) is 7.95. The van der Waals surface area contributed by atoms with Crippen molar-refractivity contribution in [2.45, 2.75) is 19.8 Å². The van der Waals surface area contributed by atoms with Crippen LogP contribution in [0.4, 0.5) is 4.79 Å². The van der Waals surface area contributed by atoms with Crippen LogP contribution in [0.5, 0.6) is 0 Å². The number of likely N-dealkylation sites (N-methyl/N-ethyl adjacent to an activating group) is 1. The highest BCUT2D eigenvalue weighted by Gasteiger charge is 2.14. The molecule has 2 rings (SSSR count). The van der Waals surface area contributed by atoms with E-state index >= 15 is 0 Å². The molecule has 2 aromatic rings. The van der Waals surface area contributed by atoms with Gasteiger partial charge in [-0.05, 0) is 16.7 Å². The Kier molecular flexibility index (Phi) is 6.98. The van der Waals surface area contributed by atoms with E-state index in [4.69, 9.17) is 9.84 Å². The maximum absolute atomic E-state index is 11.9. The van der Waals surface area contributed by atoms with Gasteiger partial charge in [0.2, 0.25) is 5.91 Å². The van der Waals surface area contributed by atoms with Gasteiger partial charge in [-0.2, -0.15) is 0 Å².